The quantitative estimate of drug-likeness (QED) is 0.712. The van der Waals surface area contributed by atoms with Gasteiger partial charge in [-0.3, -0.25) is 9.59 Å². The van der Waals surface area contributed by atoms with Gasteiger partial charge in [0.1, 0.15) is 5.75 Å². The average Bonchev–Trinajstić information content (AvgIpc) is 2.57. The van der Waals surface area contributed by atoms with Gasteiger partial charge in [-0.15, -0.1) is 0 Å². The molecule has 4 rings (SSSR count). The van der Waals surface area contributed by atoms with E-state index < -0.39 is 5.92 Å². The topological polar surface area (TPSA) is 55.4 Å². The van der Waals surface area contributed by atoms with Crippen molar-refractivity contribution in [1.29, 1.82) is 0 Å². The molecule has 0 bridgehead atoms. The summed E-state index contributed by atoms with van der Waals surface area (Å²) in [6.07, 6.45) is 2.49. The average molecular weight is 414 g/mol. The summed E-state index contributed by atoms with van der Waals surface area (Å²) in [6.45, 7) is 8.47. The number of hydrogen-bond acceptors (Lipinski definition) is 4. The third-order valence-corrected chi connectivity index (χ3v) is 6.46. The summed E-state index contributed by atoms with van der Waals surface area (Å²) in [5.74, 6) is 0.414. The lowest BCUT2D eigenvalue weighted by Crippen LogP contribution is -2.42. The van der Waals surface area contributed by atoms with Gasteiger partial charge in [-0.05, 0) is 41.9 Å². The smallest absolute Gasteiger partial charge is 0.162 e. The highest BCUT2D eigenvalue weighted by molar-refractivity contribution is 6.30. The summed E-state index contributed by atoms with van der Waals surface area (Å²) >= 11 is 6.33. The van der Waals surface area contributed by atoms with Crippen molar-refractivity contribution in [2.24, 2.45) is 10.8 Å². The van der Waals surface area contributed by atoms with Gasteiger partial charge in [0.15, 0.2) is 11.6 Å². The van der Waals surface area contributed by atoms with Crippen LogP contribution in [-0.2, 0) is 9.59 Å². The van der Waals surface area contributed by atoms with E-state index in [2.05, 4.69) is 33.0 Å². The van der Waals surface area contributed by atoms with Gasteiger partial charge >= 0.3 is 0 Å². The predicted octanol–water partition coefficient (Wildman–Crippen LogP) is 5.32. The van der Waals surface area contributed by atoms with Crippen molar-refractivity contribution in [2.45, 2.75) is 59.3 Å². The summed E-state index contributed by atoms with van der Waals surface area (Å²) in [5, 5.41) is 4.09. The van der Waals surface area contributed by atoms with Crippen LogP contribution in [-0.4, -0.2) is 18.7 Å². The maximum atomic E-state index is 13.3. The van der Waals surface area contributed by atoms with E-state index in [9.17, 15) is 9.59 Å². The van der Waals surface area contributed by atoms with Crippen LogP contribution in [0.4, 0.5) is 0 Å². The molecule has 2 aliphatic carbocycles. The number of dihydropyridines is 1. The molecule has 5 heteroatoms. The predicted molar refractivity (Wildman–Crippen MR) is 114 cm³/mol. The Balaban J connectivity index is 1.97. The van der Waals surface area contributed by atoms with Crippen LogP contribution in [0, 0.1) is 10.8 Å². The molecule has 4 nitrogen and oxygen atoms in total. The second kappa shape index (κ2) is 6.73. The van der Waals surface area contributed by atoms with E-state index >= 15 is 0 Å². The Hall–Kier alpha value is -2.07. The van der Waals surface area contributed by atoms with E-state index in [-0.39, 0.29) is 22.4 Å². The molecule has 0 atom stereocenters. The van der Waals surface area contributed by atoms with E-state index in [1.165, 1.54) is 0 Å². The molecule has 1 aliphatic heterocycles. The fourth-order valence-corrected chi connectivity index (χ4v) is 5.31. The van der Waals surface area contributed by atoms with Crippen LogP contribution < -0.4 is 10.1 Å². The summed E-state index contributed by atoms with van der Waals surface area (Å²) < 4.78 is 5.62. The highest BCUT2D eigenvalue weighted by Crippen LogP contribution is 2.52. The first kappa shape index (κ1) is 20.2. The van der Waals surface area contributed by atoms with Crippen molar-refractivity contribution in [2.75, 3.05) is 7.11 Å². The van der Waals surface area contributed by atoms with Gasteiger partial charge in [-0.1, -0.05) is 39.3 Å². The van der Waals surface area contributed by atoms with Crippen molar-refractivity contribution in [3.05, 3.63) is 51.3 Å². The van der Waals surface area contributed by atoms with Gasteiger partial charge in [0.2, 0.25) is 0 Å². The van der Waals surface area contributed by atoms with Gasteiger partial charge in [-0.25, -0.2) is 0 Å². The second-order valence-electron chi connectivity index (χ2n) is 10.1. The molecule has 0 radical (unpaired) electrons. The maximum absolute atomic E-state index is 13.3. The zero-order valence-electron chi connectivity index (χ0n) is 17.7. The van der Waals surface area contributed by atoms with E-state index in [1.54, 1.807) is 13.2 Å². The molecule has 29 heavy (non-hydrogen) atoms. The van der Waals surface area contributed by atoms with E-state index in [0.29, 0.717) is 34.8 Å². The van der Waals surface area contributed by atoms with Crippen molar-refractivity contribution in [1.82, 2.24) is 5.32 Å². The van der Waals surface area contributed by atoms with Crippen LogP contribution in [0.15, 0.2) is 40.7 Å². The molecule has 3 aliphatic rings. The van der Waals surface area contributed by atoms with Gasteiger partial charge < -0.3 is 10.1 Å². The van der Waals surface area contributed by atoms with Crippen molar-refractivity contribution < 1.29 is 14.3 Å². The molecule has 0 aromatic heterocycles. The Morgan fingerprint density at radius 1 is 0.931 bits per heavy atom. The number of carbonyl (C=O) groups is 2. The van der Waals surface area contributed by atoms with Crippen molar-refractivity contribution in [3.8, 4) is 5.75 Å². The third kappa shape index (κ3) is 3.52. The zero-order valence-corrected chi connectivity index (χ0v) is 18.5. The molecular formula is C24H28ClNO3. The number of halogens is 1. The third-order valence-electron chi connectivity index (χ3n) is 6.22. The minimum absolute atomic E-state index is 0.0972. The molecule has 1 aromatic carbocycles. The summed E-state index contributed by atoms with van der Waals surface area (Å²) in [6, 6.07) is 5.42. The largest absolute Gasteiger partial charge is 0.496 e. The molecule has 0 amide bonds. The van der Waals surface area contributed by atoms with Gasteiger partial charge in [0.25, 0.3) is 0 Å². The lowest BCUT2D eigenvalue weighted by Gasteiger charge is -2.44. The lowest BCUT2D eigenvalue weighted by atomic mass is 9.64. The number of rotatable bonds is 2. The monoisotopic (exact) mass is 413 g/mol. The summed E-state index contributed by atoms with van der Waals surface area (Å²) in [5.41, 5.74) is 3.87. The number of allylic oxidation sites excluding steroid dienone is 4. The first-order valence-electron chi connectivity index (χ1n) is 10.1. The maximum Gasteiger partial charge on any atom is 0.162 e. The molecule has 0 fully saturated rings. The lowest BCUT2D eigenvalue weighted by molar-refractivity contribution is -0.119. The van der Waals surface area contributed by atoms with Crippen LogP contribution >= 0.6 is 11.6 Å². The normalized spacial score (nSPS) is 23.5. The fraction of sp³-hybridized carbons (Fsp3) is 0.500. The first-order valence-corrected chi connectivity index (χ1v) is 10.5. The molecule has 1 N–H and O–H groups in total. The van der Waals surface area contributed by atoms with E-state index in [4.69, 9.17) is 16.3 Å². The molecule has 0 unspecified atom stereocenters. The number of nitrogens with one attached hydrogen (secondary N) is 1. The number of carbonyl (C=O) groups excluding carboxylic acids is 2. The highest BCUT2D eigenvalue weighted by Gasteiger charge is 2.47. The van der Waals surface area contributed by atoms with Crippen LogP contribution in [0.2, 0.25) is 5.02 Å². The first-order chi connectivity index (χ1) is 13.5. The number of Topliss-reactive ketones (excluding diaryl/α,β-unsaturated/α-hetero) is 2. The Morgan fingerprint density at radius 3 is 1.93 bits per heavy atom. The zero-order chi connectivity index (χ0) is 21.1. The second-order valence-corrected chi connectivity index (χ2v) is 10.5. The fourth-order valence-electron chi connectivity index (χ4n) is 5.13. The number of benzene rings is 1. The highest BCUT2D eigenvalue weighted by atomic mass is 35.5. The molecular weight excluding hydrogens is 386 g/mol. The SMILES string of the molecule is COc1ccc(Cl)cc1C1C2=C(CC(C)(C)CC2=O)NC2=C1C(=O)CC(C)(C)C2. The van der Waals surface area contributed by atoms with Gasteiger partial charge in [0.05, 0.1) is 7.11 Å². The molecule has 0 saturated carbocycles. The Kier molecular flexibility index (Phi) is 4.69. The minimum atomic E-state index is -0.429. The van der Waals surface area contributed by atoms with Crippen LogP contribution in [0.25, 0.3) is 0 Å². The molecule has 1 aromatic rings. The Morgan fingerprint density at radius 2 is 1.45 bits per heavy atom. The van der Waals surface area contributed by atoms with Crippen molar-refractivity contribution in [3.63, 3.8) is 0 Å². The Bertz CT molecular complexity index is 932. The Labute approximate surface area is 177 Å². The van der Waals surface area contributed by atoms with Crippen molar-refractivity contribution >= 4 is 23.2 Å². The summed E-state index contributed by atoms with van der Waals surface area (Å²) in [4.78, 5) is 26.6. The van der Waals surface area contributed by atoms with Crippen LogP contribution in [0.3, 0.4) is 0 Å². The minimum Gasteiger partial charge on any atom is -0.496 e. The van der Waals surface area contributed by atoms with Gasteiger partial charge in [-0.2, -0.15) is 0 Å². The molecule has 154 valence electrons. The molecule has 0 spiro atoms. The number of ketones is 2. The standard InChI is InChI=1S/C24H28ClNO3/c1-23(2)9-15-21(17(27)11-23)20(14-8-13(25)6-7-19(14)29-5)22-16(26-15)10-24(3,4)12-18(22)28/h6-8,20,26H,9-12H2,1-5H3. The van der Waals surface area contributed by atoms with E-state index in [0.717, 1.165) is 29.8 Å². The van der Waals surface area contributed by atoms with Crippen LogP contribution in [0.5, 0.6) is 5.75 Å². The van der Waals surface area contributed by atoms with Crippen LogP contribution in [0.1, 0.15) is 64.9 Å². The number of ether oxygens (including phenoxy) is 1. The number of hydrogen-bond donors (Lipinski definition) is 1. The van der Waals surface area contributed by atoms with Gasteiger partial charge in [0, 0.05) is 51.9 Å². The molecule has 0 saturated heterocycles. The molecule has 1 heterocycles. The summed E-state index contributed by atoms with van der Waals surface area (Å²) in [7, 11) is 1.61. The van der Waals surface area contributed by atoms with E-state index in [1.807, 2.05) is 12.1 Å². The number of methoxy groups -OCH3 is 1.